The highest BCUT2D eigenvalue weighted by atomic mass is 16.6. The molecular formula is C37H54N2O7. The Labute approximate surface area is 275 Å². The third kappa shape index (κ3) is 14.4. The van der Waals surface area contributed by atoms with E-state index in [1.54, 1.807) is 7.11 Å². The normalized spacial score (nSPS) is 14.1. The Balaban J connectivity index is 1.94. The number of nitrogens with zero attached hydrogens (tertiary/aromatic N) is 1. The summed E-state index contributed by atoms with van der Waals surface area (Å²) in [4.78, 5) is 26.9. The minimum Gasteiger partial charge on any atom is -0.460 e. The second-order valence-electron chi connectivity index (χ2n) is 12.5. The molecule has 0 heterocycles. The molecule has 2 aromatic carbocycles. The first-order chi connectivity index (χ1) is 22.1. The second kappa shape index (κ2) is 21.5. The van der Waals surface area contributed by atoms with Gasteiger partial charge in [0.2, 0.25) is 5.91 Å². The fourth-order valence-electron chi connectivity index (χ4n) is 5.49. The van der Waals surface area contributed by atoms with Crippen molar-refractivity contribution in [2.45, 2.75) is 65.9 Å². The number of hydrogen-bond donors (Lipinski definition) is 1. The van der Waals surface area contributed by atoms with Crippen LogP contribution in [-0.2, 0) is 39.9 Å². The molecule has 0 saturated carbocycles. The predicted molar refractivity (Wildman–Crippen MR) is 178 cm³/mol. The summed E-state index contributed by atoms with van der Waals surface area (Å²) in [6.07, 6.45) is 1.97. The number of nitriles is 1. The number of carbonyl (C=O) groups excluding carboxylic acids is 2. The van der Waals surface area contributed by atoms with Crippen LogP contribution in [0.5, 0.6) is 0 Å². The van der Waals surface area contributed by atoms with E-state index in [9.17, 15) is 14.9 Å². The standard InChI is InChI=1S/C37H54N2O7/c1-6-32(33-15-11-8-12-16-33)27-37(4,35(41)46-29-30-13-9-7-10-14-30)26-31(28-38)25-36(2,3)34(40)39-17-18-43-21-22-45-24-23-44-20-19-42-5/h7-16,31-32H,6,17-27,29H2,1-5H3,(H,39,40). The number of esters is 1. The van der Waals surface area contributed by atoms with Gasteiger partial charge in [-0.1, -0.05) is 81.4 Å². The van der Waals surface area contributed by atoms with E-state index in [0.717, 1.165) is 17.5 Å². The van der Waals surface area contributed by atoms with E-state index < -0.39 is 16.7 Å². The lowest BCUT2D eigenvalue weighted by molar-refractivity contribution is -0.158. The van der Waals surface area contributed by atoms with Crippen LogP contribution in [0.25, 0.3) is 0 Å². The van der Waals surface area contributed by atoms with Gasteiger partial charge in [0, 0.05) is 25.0 Å². The Hall–Kier alpha value is -3.29. The summed E-state index contributed by atoms with van der Waals surface area (Å²) in [6.45, 7) is 11.5. The molecule has 0 aliphatic rings. The van der Waals surface area contributed by atoms with Gasteiger partial charge in [0.05, 0.1) is 57.7 Å². The van der Waals surface area contributed by atoms with Crippen LogP contribution in [-0.4, -0.2) is 71.8 Å². The van der Waals surface area contributed by atoms with Crippen molar-refractivity contribution < 1.29 is 33.3 Å². The maximum atomic E-state index is 13.8. The number of amides is 1. The SMILES string of the molecule is CCC(CC(C)(CC(C#N)CC(C)(C)C(=O)NCCOCCOCCOCCOC)C(=O)OCc1ccccc1)c1ccccc1. The molecule has 0 aliphatic heterocycles. The van der Waals surface area contributed by atoms with Crippen LogP contribution < -0.4 is 5.32 Å². The highest BCUT2D eigenvalue weighted by Crippen LogP contribution is 2.42. The number of carbonyl (C=O) groups is 2. The van der Waals surface area contributed by atoms with Gasteiger partial charge in [-0.15, -0.1) is 0 Å². The largest absolute Gasteiger partial charge is 0.460 e. The lowest BCUT2D eigenvalue weighted by Gasteiger charge is -2.34. The lowest BCUT2D eigenvalue weighted by atomic mass is 9.70. The molecule has 2 rings (SSSR count). The molecule has 9 nitrogen and oxygen atoms in total. The zero-order valence-corrected chi connectivity index (χ0v) is 28.4. The smallest absolute Gasteiger partial charge is 0.312 e. The Morgan fingerprint density at radius 3 is 1.93 bits per heavy atom. The van der Waals surface area contributed by atoms with Crippen molar-refractivity contribution in [2.24, 2.45) is 16.7 Å². The van der Waals surface area contributed by atoms with Crippen LogP contribution in [0, 0.1) is 28.1 Å². The number of rotatable bonds is 24. The van der Waals surface area contributed by atoms with E-state index in [1.807, 2.05) is 69.3 Å². The van der Waals surface area contributed by atoms with E-state index >= 15 is 0 Å². The molecular weight excluding hydrogens is 584 g/mol. The summed E-state index contributed by atoms with van der Waals surface area (Å²) < 4.78 is 27.2. The van der Waals surface area contributed by atoms with Gasteiger partial charge in [0.25, 0.3) is 0 Å². The molecule has 0 aliphatic carbocycles. The van der Waals surface area contributed by atoms with Crippen LogP contribution in [0.1, 0.15) is 70.4 Å². The van der Waals surface area contributed by atoms with E-state index in [0.29, 0.717) is 65.6 Å². The molecule has 2 aromatic rings. The topological polar surface area (TPSA) is 116 Å². The Morgan fingerprint density at radius 1 is 0.804 bits per heavy atom. The van der Waals surface area contributed by atoms with Crippen LogP contribution in [0.3, 0.4) is 0 Å². The van der Waals surface area contributed by atoms with Gasteiger partial charge in [-0.25, -0.2) is 0 Å². The van der Waals surface area contributed by atoms with Gasteiger partial charge in [0.1, 0.15) is 6.61 Å². The lowest BCUT2D eigenvalue weighted by Crippen LogP contribution is -2.41. The zero-order valence-electron chi connectivity index (χ0n) is 28.4. The molecule has 9 heteroatoms. The highest BCUT2D eigenvalue weighted by molar-refractivity contribution is 5.82. The quantitative estimate of drug-likeness (QED) is 0.109. The Morgan fingerprint density at radius 2 is 1.37 bits per heavy atom. The molecule has 1 amide bonds. The molecule has 0 radical (unpaired) electrons. The fraction of sp³-hybridized carbons (Fsp3) is 0.595. The Bertz CT molecular complexity index is 1170. The molecule has 0 spiro atoms. The summed E-state index contributed by atoms with van der Waals surface area (Å²) >= 11 is 0. The van der Waals surface area contributed by atoms with Gasteiger partial charge < -0.3 is 29.0 Å². The monoisotopic (exact) mass is 638 g/mol. The minimum atomic E-state index is -0.926. The van der Waals surface area contributed by atoms with Crippen molar-refractivity contribution in [3.05, 3.63) is 71.8 Å². The molecule has 46 heavy (non-hydrogen) atoms. The van der Waals surface area contributed by atoms with Gasteiger partial charge in [-0.05, 0) is 49.7 Å². The van der Waals surface area contributed by atoms with Gasteiger partial charge >= 0.3 is 5.97 Å². The Kier molecular flexibility index (Phi) is 18.2. The van der Waals surface area contributed by atoms with Crippen LogP contribution in [0.15, 0.2) is 60.7 Å². The van der Waals surface area contributed by atoms with E-state index in [4.69, 9.17) is 23.7 Å². The van der Waals surface area contributed by atoms with Gasteiger partial charge in [0.15, 0.2) is 0 Å². The van der Waals surface area contributed by atoms with Crippen molar-refractivity contribution in [1.82, 2.24) is 5.32 Å². The molecule has 1 N–H and O–H groups in total. The summed E-state index contributed by atoms with van der Waals surface area (Å²) in [5.41, 5.74) is 0.304. The number of benzene rings is 2. The average molecular weight is 639 g/mol. The van der Waals surface area contributed by atoms with E-state index in [2.05, 4.69) is 30.4 Å². The summed E-state index contributed by atoms with van der Waals surface area (Å²) in [5.74, 6) is -0.904. The zero-order chi connectivity index (χ0) is 33.7. The molecule has 3 atom stereocenters. The van der Waals surface area contributed by atoms with Crippen molar-refractivity contribution >= 4 is 11.9 Å². The first-order valence-electron chi connectivity index (χ1n) is 16.3. The van der Waals surface area contributed by atoms with E-state index in [-0.39, 0.29) is 30.8 Å². The van der Waals surface area contributed by atoms with Gasteiger partial charge in [-0.3, -0.25) is 9.59 Å². The molecule has 0 saturated heterocycles. The number of hydrogen-bond acceptors (Lipinski definition) is 8. The molecule has 0 aromatic heterocycles. The van der Waals surface area contributed by atoms with Crippen molar-refractivity contribution in [1.29, 1.82) is 5.26 Å². The fourth-order valence-corrected chi connectivity index (χ4v) is 5.49. The summed E-state index contributed by atoms with van der Waals surface area (Å²) in [7, 11) is 1.63. The molecule has 0 fully saturated rings. The molecule has 254 valence electrons. The third-order valence-corrected chi connectivity index (χ3v) is 8.12. The molecule has 0 bridgehead atoms. The van der Waals surface area contributed by atoms with Crippen LogP contribution in [0.2, 0.25) is 0 Å². The van der Waals surface area contributed by atoms with Crippen molar-refractivity contribution in [3.63, 3.8) is 0 Å². The average Bonchev–Trinajstić information content (AvgIpc) is 3.06. The van der Waals surface area contributed by atoms with E-state index in [1.165, 1.54) is 0 Å². The maximum Gasteiger partial charge on any atom is 0.312 e. The summed E-state index contributed by atoms with van der Waals surface area (Å²) in [6, 6.07) is 22.1. The first-order valence-corrected chi connectivity index (χ1v) is 16.3. The number of ether oxygens (including phenoxy) is 5. The van der Waals surface area contributed by atoms with Crippen molar-refractivity contribution in [2.75, 3.05) is 59.9 Å². The van der Waals surface area contributed by atoms with Crippen molar-refractivity contribution in [3.8, 4) is 6.07 Å². The summed E-state index contributed by atoms with van der Waals surface area (Å²) in [5, 5.41) is 13.2. The second-order valence-corrected chi connectivity index (χ2v) is 12.5. The first kappa shape index (κ1) is 38.9. The molecule has 3 unspecified atom stereocenters. The predicted octanol–water partition coefficient (Wildman–Crippen LogP) is 6.08. The third-order valence-electron chi connectivity index (χ3n) is 8.12. The number of methoxy groups -OCH3 is 1. The maximum absolute atomic E-state index is 13.8. The highest BCUT2D eigenvalue weighted by Gasteiger charge is 2.42. The van der Waals surface area contributed by atoms with Crippen LogP contribution >= 0.6 is 0 Å². The minimum absolute atomic E-state index is 0.116. The number of nitrogens with one attached hydrogen (secondary N) is 1. The van der Waals surface area contributed by atoms with Crippen LogP contribution in [0.4, 0.5) is 0 Å². The van der Waals surface area contributed by atoms with Gasteiger partial charge in [-0.2, -0.15) is 5.26 Å².